The molecule has 0 aromatic heterocycles. The summed E-state index contributed by atoms with van der Waals surface area (Å²) in [6.07, 6.45) is 10.8. The van der Waals surface area contributed by atoms with Gasteiger partial charge in [-0.2, -0.15) is 11.8 Å². The number of halogens is 1. The van der Waals surface area contributed by atoms with Crippen molar-refractivity contribution >= 4 is 11.8 Å². The van der Waals surface area contributed by atoms with E-state index in [0.29, 0.717) is 17.8 Å². The van der Waals surface area contributed by atoms with Crippen LogP contribution in [0.1, 0.15) is 45.4 Å². The van der Waals surface area contributed by atoms with Gasteiger partial charge >= 0.3 is 0 Å². The largest absolute Gasteiger partial charge is 0.247 e. The summed E-state index contributed by atoms with van der Waals surface area (Å²) < 4.78 is 14.5. The third kappa shape index (κ3) is 2.95. The fourth-order valence-corrected chi connectivity index (χ4v) is 4.84. The van der Waals surface area contributed by atoms with E-state index in [0.717, 1.165) is 18.1 Å². The van der Waals surface area contributed by atoms with Crippen molar-refractivity contribution in [1.29, 1.82) is 0 Å². The molecule has 18 heavy (non-hydrogen) atoms. The Hall–Kier alpha value is 0.0200. The molecule has 0 aliphatic heterocycles. The second-order valence-corrected chi connectivity index (χ2v) is 7.39. The Morgan fingerprint density at radius 1 is 1.17 bits per heavy atom. The molecule has 2 heteroatoms. The lowest BCUT2D eigenvalue weighted by molar-refractivity contribution is 0.0390. The molecule has 2 fully saturated rings. The van der Waals surface area contributed by atoms with Gasteiger partial charge in [-0.25, -0.2) is 4.39 Å². The van der Waals surface area contributed by atoms with Crippen molar-refractivity contribution < 1.29 is 4.39 Å². The summed E-state index contributed by atoms with van der Waals surface area (Å²) >= 11 is 1.97. The molecule has 0 saturated heterocycles. The van der Waals surface area contributed by atoms with Crippen molar-refractivity contribution in [3.8, 4) is 0 Å². The number of hydrogen-bond acceptors (Lipinski definition) is 1. The lowest BCUT2D eigenvalue weighted by Crippen LogP contribution is -2.39. The van der Waals surface area contributed by atoms with Crippen LogP contribution in [0, 0.1) is 23.7 Å². The van der Waals surface area contributed by atoms with Gasteiger partial charge in [-0.15, -0.1) is 6.58 Å². The first-order chi connectivity index (χ1) is 8.67. The van der Waals surface area contributed by atoms with Crippen molar-refractivity contribution in [2.24, 2.45) is 23.7 Å². The Balaban J connectivity index is 2.09. The van der Waals surface area contributed by atoms with E-state index in [9.17, 15) is 4.39 Å². The number of alkyl halides is 1. The zero-order chi connectivity index (χ0) is 13.1. The molecule has 2 aliphatic carbocycles. The smallest absolute Gasteiger partial charge is 0.106 e. The Kier molecular flexibility index (Phi) is 5.17. The minimum atomic E-state index is -0.577. The van der Waals surface area contributed by atoms with Crippen LogP contribution in [0.15, 0.2) is 12.7 Å². The van der Waals surface area contributed by atoms with E-state index < -0.39 is 6.17 Å². The summed E-state index contributed by atoms with van der Waals surface area (Å²) in [5.74, 6) is 1.67. The third-order valence-corrected chi connectivity index (χ3v) is 6.34. The van der Waals surface area contributed by atoms with E-state index in [1.54, 1.807) is 0 Å². The van der Waals surface area contributed by atoms with Crippen molar-refractivity contribution in [2.75, 3.05) is 6.26 Å². The van der Waals surface area contributed by atoms with Crippen LogP contribution in [0.5, 0.6) is 0 Å². The number of allylic oxidation sites excluding steroid dienone is 1. The normalized spacial score (nSPS) is 45.7. The standard InChI is InChI=1S/C16H27FS/c1-4-12-8-9-13(18-3)10-15(12)14-7-5-6-11(2)16(14)17/h4,11-16H,1,5-10H2,2-3H3. The molecule has 104 valence electrons. The van der Waals surface area contributed by atoms with Crippen LogP contribution < -0.4 is 0 Å². The molecule has 0 bridgehead atoms. The van der Waals surface area contributed by atoms with Crippen molar-refractivity contribution in [3.05, 3.63) is 12.7 Å². The molecule has 2 aliphatic rings. The predicted molar refractivity (Wildman–Crippen MR) is 79.7 cm³/mol. The highest BCUT2D eigenvalue weighted by Crippen LogP contribution is 2.46. The second-order valence-electron chi connectivity index (χ2n) is 6.25. The Morgan fingerprint density at radius 2 is 1.94 bits per heavy atom. The maximum absolute atomic E-state index is 14.5. The highest BCUT2D eigenvalue weighted by Gasteiger charge is 2.41. The van der Waals surface area contributed by atoms with Gasteiger partial charge in [0.2, 0.25) is 0 Å². The summed E-state index contributed by atoms with van der Waals surface area (Å²) in [6.45, 7) is 6.09. The van der Waals surface area contributed by atoms with Gasteiger partial charge in [-0.1, -0.05) is 19.4 Å². The summed E-state index contributed by atoms with van der Waals surface area (Å²) in [4.78, 5) is 0. The Morgan fingerprint density at radius 3 is 2.61 bits per heavy atom. The minimum Gasteiger partial charge on any atom is -0.247 e. The maximum Gasteiger partial charge on any atom is 0.106 e. The van der Waals surface area contributed by atoms with E-state index in [1.807, 2.05) is 11.8 Å². The first kappa shape index (κ1) is 14.4. The molecule has 0 nitrogen and oxygen atoms in total. The van der Waals surface area contributed by atoms with E-state index in [2.05, 4.69) is 25.8 Å². The molecular weight excluding hydrogens is 243 g/mol. The summed E-state index contributed by atoms with van der Waals surface area (Å²) in [5.41, 5.74) is 0. The zero-order valence-electron chi connectivity index (χ0n) is 11.8. The van der Waals surface area contributed by atoms with Crippen molar-refractivity contribution in [3.63, 3.8) is 0 Å². The van der Waals surface area contributed by atoms with Gasteiger partial charge < -0.3 is 0 Å². The number of hydrogen-bond donors (Lipinski definition) is 0. The Bertz CT molecular complexity index is 278. The van der Waals surface area contributed by atoms with Crippen LogP contribution in [-0.2, 0) is 0 Å². The van der Waals surface area contributed by atoms with Crippen LogP contribution in [0.2, 0.25) is 0 Å². The Labute approximate surface area is 116 Å². The van der Waals surface area contributed by atoms with Gasteiger partial charge in [0.25, 0.3) is 0 Å². The lowest BCUT2D eigenvalue weighted by Gasteiger charge is -2.43. The summed E-state index contributed by atoms with van der Waals surface area (Å²) in [7, 11) is 0. The van der Waals surface area contributed by atoms with Crippen LogP contribution >= 0.6 is 11.8 Å². The molecule has 2 rings (SSSR count). The molecule has 0 aromatic rings. The molecule has 0 spiro atoms. The average Bonchev–Trinajstić information content (AvgIpc) is 2.41. The quantitative estimate of drug-likeness (QED) is 0.643. The van der Waals surface area contributed by atoms with Gasteiger partial charge in [0, 0.05) is 5.25 Å². The SMILES string of the molecule is C=CC1CCC(SC)CC1C1CCCC(C)C1F. The first-order valence-corrected chi connectivity index (χ1v) is 8.75. The lowest BCUT2D eigenvalue weighted by atomic mass is 9.65. The molecule has 6 unspecified atom stereocenters. The second kappa shape index (κ2) is 6.45. The van der Waals surface area contributed by atoms with Gasteiger partial charge in [-0.3, -0.25) is 0 Å². The zero-order valence-corrected chi connectivity index (χ0v) is 12.6. The monoisotopic (exact) mass is 270 g/mol. The molecule has 0 heterocycles. The summed E-state index contributed by atoms with van der Waals surface area (Å²) in [5, 5.41) is 0.746. The van der Waals surface area contributed by atoms with Crippen molar-refractivity contribution in [1.82, 2.24) is 0 Å². The fourth-order valence-electron chi connectivity index (χ4n) is 4.05. The highest BCUT2D eigenvalue weighted by molar-refractivity contribution is 7.99. The third-order valence-electron chi connectivity index (χ3n) is 5.24. The van der Waals surface area contributed by atoms with Gasteiger partial charge in [0.15, 0.2) is 0 Å². The van der Waals surface area contributed by atoms with Gasteiger partial charge in [0.1, 0.15) is 6.17 Å². The van der Waals surface area contributed by atoms with Crippen molar-refractivity contribution in [2.45, 2.75) is 56.9 Å². The van der Waals surface area contributed by atoms with Gasteiger partial charge in [-0.05, 0) is 62.0 Å². The van der Waals surface area contributed by atoms with Crippen LogP contribution in [0.25, 0.3) is 0 Å². The number of rotatable bonds is 3. The molecule has 6 atom stereocenters. The van der Waals surface area contributed by atoms with Gasteiger partial charge in [0.05, 0.1) is 0 Å². The molecule has 0 radical (unpaired) electrons. The topological polar surface area (TPSA) is 0 Å². The highest BCUT2D eigenvalue weighted by atomic mass is 32.2. The van der Waals surface area contributed by atoms with E-state index in [-0.39, 0.29) is 5.92 Å². The first-order valence-electron chi connectivity index (χ1n) is 7.46. The molecule has 0 amide bonds. The number of thioether (sulfide) groups is 1. The van der Waals surface area contributed by atoms with Crippen LogP contribution in [0.3, 0.4) is 0 Å². The van der Waals surface area contributed by atoms with E-state index >= 15 is 0 Å². The summed E-state index contributed by atoms with van der Waals surface area (Å²) in [6, 6.07) is 0. The molecule has 0 aromatic carbocycles. The van der Waals surface area contributed by atoms with E-state index in [1.165, 1.54) is 25.7 Å². The van der Waals surface area contributed by atoms with E-state index in [4.69, 9.17) is 0 Å². The molecular formula is C16H27FS. The fraction of sp³-hybridized carbons (Fsp3) is 0.875. The predicted octanol–water partition coefficient (Wildman–Crippen LogP) is 5.09. The van der Waals surface area contributed by atoms with Crippen LogP contribution in [-0.4, -0.2) is 17.7 Å². The molecule has 2 saturated carbocycles. The maximum atomic E-state index is 14.5. The average molecular weight is 270 g/mol. The molecule has 0 N–H and O–H groups in total. The van der Waals surface area contributed by atoms with Crippen LogP contribution in [0.4, 0.5) is 4.39 Å². The minimum absolute atomic E-state index is 0.267.